The van der Waals surface area contributed by atoms with Crippen LogP contribution in [0.15, 0.2) is 18.2 Å². The monoisotopic (exact) mass is 280 g/mol. The molecular formula is C9H10ClI. The maximum Gasteiger partial charge on any atom is 0.0539 e. The Labute approximate surface area is 86.1 Å². The summed E-state index contributed by atoms with van der Waals surface area (Å²) >= 11 is 8.13. The third-order valence-electron chi connectivity index (χ3n) is 1.61. The van der Waals surface area contributed by atoms with Crippen LogP contribution in [-0.4, -0.2) is 0 Å². The first-order valence-electron chi connectivity index (χ1n) is 3.56. The lowest BCUT2D eigenvalue weighted by Gasteiger charge is -2.05. The van der Waals surface area contributed by atoms with Gasteiger partial charge in [-0.05, 0) is 46.2 Å². The Morgan fingerprint density at radius 1 is 1.36 bits per heavy atom. The van der Waals surface area contributed by atoms with E-state index in [9.17, 15) is 0 Å². The predicted molar refractivity (Wildman–Crippen MR) is 58.3 cm³/mol. The molecule has 0 bridgehead atoms. The fraction of sp³-hybridized carbons (Fsp3) is 0.333. The third-order valence-corrected chi connectivity index (χ3v) is 3.15. The average molecular weight is 281 g/mol. The summed E-state index contributed by atoms with van der Waals surface area (Å²) in [6.07, 6.45) is 0. The van der Waals surface area contributed by atoms with Gasteiger partial charge in [-0.25, -0.2) is 0 Å². The lowest BCUT2D eigenvalue weighted by molar-refractivity contribution is 0.865. The molecule has 0 saturated carbocycles. The molecule has 60 valence electrons. The lowest BCUT2D eigenvalue weighted by Crippen LogP contribution is -1.87. The van der Waals surface area contributed by atoms with Gasteiger partial charge in [-0.2, -0.15) is 0 Å². The van der Waals surface area contributed by atoms with E-state index < -0.39 is 0 Å². The summed E-state index contributed by atoms with van der Waals surface area (Å²) in [6.45, 7) is 4.36. The standard InChI is InChI=1S/C9H10ClI/c1-6(2)7-3-4-8(10)9(11)5-7/h3-6H,1-2H3. The minimum Gasteiger partial charge on any atom is -0.0832 e. The van der Waals surface area contributed by atoms with E-state index in [1.165, 1.54) is 5.56 Å². The first kappa shape index (κ1) is 9.33. The topological polar surface area (TPSA) is 0 Å². The van der Waals surface area contributed by atoms with Crippen LogP contribution in [0.5, 0.6) is 0 Å². The molecule has 0 atom stereocenters. The molecule has 0 nitrogen and oxygen atoms in total. The summed E-state index contributed by atoms with van der Waals surface area (Å²) in [6, 6.07) is 6.17. The summed E-state index contributed by atoms with van der Waals surface area (Å²) < 4.78 is 1.13. The molecule has 1 aromatic rings. The lowest BCUT2D eigenvalue weighted by atomic mass is 10.0. The van der Waals surface area contributed by atoms with Gasteiger partial charge in [0.15, 0.2) is 0 Å². The van der Waals surface area contributed by atoms with Crippen molar-refractivity contribution in [1.29, 1.82) is 0 Å². The summed E-state index contributed by atoms with van der Waals surface area (Å²) in [7, 11) is 0. The van der Waals surface area contributed by atoms with Gasteiger partial charge in [0.05, 0.1) is 5.02 Å². The van der Waals surface area contributed by atoms with Crippen molar-refractivity contribution in [2.45, 2.75) is 19.8 Å². The average Bonchev–Trinajstić information content (AvgIpc) is 1.94. The van der Waals surface area contributed by atoms with E-state index in [0.29, 0.717) is 5.92 Å². The summed E-state index contributed by atoms with van der Waals surface area (Å²) in [5.41, 5.74) is 1.35. The number of halogens is 2. The minimum atomic E-state index is 0.584. The SMILES string of the molecule is CC(C)c1ccc(Cl)c(I)c1. The Morgan fingerprint density at radius 2 is 2.00 bits per heavy atom. The molecule has 0 amide bonds. The second kappa shape index (κ2) is 3.76. The molecular weight excluding hydrogens is 270 g/mol. The zero-order valence-corrected chi connectivity index (χ0v) is 9.48. The maximum absolute atomic E-state index is 5.88. The van der Waals surface area contributed by atoms with Crippen LogP contribution in [0.1, 0.15) is 25.3 Å². The van der Waals surface area contributed by atoms with Crippen molar-refractivity contribution in [2.75, 3.05) is 0 Å². The molecule has 0 aliphatic heterocycles. The second-order valence-electron chi connectivity index (χ2n) is 2.83. The smallest absolute Gasteiger partial charge is 0.0539 e. The van der Waals surface area contributed by atoms with E-state index in [0.717, 1.165) is 8.59 Å². The maximum atomic E-state index is 5.88. The van der Waals surface area contributed by atoms with Crippen LogP contribution in [0.4, 0.5) is 0 Å². The Balaban J connectivity index is 3.05. The van der Waals surface area contributed by atoms with Gasteiger partial charge < -0.3 is 0 Å². The van der Waals surface area contributed by atoms with Crippen molar-refractivity contribution < 1.29 is 0 Å². The van der Waals surface area contributed by atoms with Crippen molar-refractivity contribution in [1.82, 2.24) is 0 Å². The highest BCUT2D eigenvalue weighted by atomic mass is 127. The van der Waals surface area contributed by atoms with E-state index in [1.807, 2.05) is 6.07 Å². The number of hydrogen-bond acceptors (Lipinski definition) is 0. The summed E-state index contributed by atoms with van der Waals surface area (Å²) in [5, 5.41) is 0.843. The molecule has 0 fully saturated rings. The van der Waals surface area contributed by atoms with E-state index in [2.05, 4.69) is 48.6 Å². The van der Waals surface area contributed by atoms with Crippen LogP contribution in [0.2, 0.25) is 5.02 Å². The van der Waals surface area contributed by atoms with Gasteiger partial charge in [0.2, 0.25) is 0 Å². The molecule has 11 heavy (non-hydrogen) atoms. The van der Waals surface area contributed by atoms with Crippen molar-refractivity contribution in [3.63, 3.8) is 0 Å². The third kappa shape index (κ3) is 2.34. The van der Waals surface area contributed by atoms with Crippen LogP contribution in [0, 0.1) is 3.57 Å². The molecule has 0 heterocycles. The van der Waals surface area contributed by atoms with Gasteiger partial charge >= 0.3 is 0 Å². The Hall–Kier alpha value is 0.240. The first-order chi connectivity index (χ1) is 5.11. The summed E-state index contributed by atoms with van der Waals surface area (Å²) in [4.78, 5) is 0. The predicted octanol–water partition coefficient (Wildman–Crippen LogP) is 4.07. The van der Waals surface area contributed by atoms with Crippen molar-refractivity contribution in [3.8, 4) is 0 Å². The van der Waals surface area contributed by atoms with Gasteiger partial charge in [-0.1, -0.05) is 31.5 Å². The fourth-order valence-electron chi connectivity index (χ4n) is 0.871. The highest BCUT2D eigenvalue weighted by Gasteiger charge is 2.01. The quantitative estimate of drug-likeness (QED) is 0.680. The molecule has 2 heteroatoms. The molecule has 1 rings (SSSR count). The Morgan fingerprint density at radius 3 is 2.45 bits per heavy atom. The largest absolute Gasteiger partial charge is 0.0832 e. The molecule has 0 aliphatic carbocycles. The fourth-order valence-corrected chi connectivity index (χ4v) is 1.53. The molecule has 0 radical (unpaired) electrons. The van der Waals surface area contributed by atoms with Gasteiger partial charge in [0.25, 0.3) is 0 Å². The van der Waals surface area contributed by atoms with Gasteiger partial charge in [0.1, 0.15) is 0 Å². The molecule has 0 unspecified atom stereocenters. The van der Waals surface area contributed by atoms with Crippen molar-refractivity contribution in [2.24, 2.45) is 0 Å². The van der Waals surface area contributed by atoms with E-state index in [4.69, 9.17) is 11.6 Å². The second-order valence-corrected chi connectivity index (χ2v) is 4.40. The van der Waals surface area contributed by atoms with Crippen molar-refractivity contribution in [3.05, 3.63) is 32.4 Å². The van der Waals surface area contributed by atoms with Crippen molar-refractivity contribution >= 4 is 34.2 Å². The van der Waals surface area contributed by atoms with E-state index >= 15 is 0 Å². The number of hydrogen-bond donors (Lipinski definition) is 0. The van der Waals surface area contributed by atoms with Crippen LogP contribution >= 0.6 is 34.2 Å². The highest BCUT2D eigenvalue weighted by Crippen LogP contribution is 2.23. The molecule has 0 aromatic heterocycles. The van der Waals surface area contributed by atoms with Gasteiger partial charge in [-0.3, -0.25) is 0 Å². The first-order valence-corrected chi connectivity index (χ1v) is 5.02. The van der Waals surface area contributed by atoms with Crippen LogP contribution in [0.3, 0.4) is 0 Å². The summed E-state index contributed by atoms with van der Waals surface area (Å²) in [5.74, 6) is 0.584. The molecule has 0 aliphatic rings. The molecule has 0 spiro atoms. The number of benzene rings is 1. The molecule has 1 aromatic carbocycles. The highest BCUT2D eigenvalue weighted by molar-refractivity contribution is 14.1. The van der Waals surface area contributed by atoms with E-state index in [1.54, 1.807) is 0 Å². The zero-order chi connectivity index (χ0) is 8.43. The van der Waals surface area contributed by atoms with Crippen LogP contribution in [0.25, 0.3) is 0 Å². The van der Waals surface area contributed by atoms with Crippen LogP contribution < -0.4 is 0 Å². The Bertz CT molecular complexity index is 256. The number of rotatable bonds is 1. The van der Waals surface area contributed by atoms with Gasteiger partial charge in [0, 0.05) is 3.57 Å². The zero-order valence-electron chi connectivity index (χ0n) is 6.57. The van der Waals surface area contributed by atoms with Gasteiger partial charge in [-0.15, -0.1) is 0 Å². The molecule has 0 N–H and O–H groups in total. The minimum absolute atomic E-state index is 0.584. The Kier molecular flexibility index (Phi) is 3.19. The normalized spacial score (nSPS) is 10.6. The van der Waals surface area contributed by atoms with E-state index in [-0.39, 0.29) is 0 Å². The van der Waals surface area contributed by atoms with Crippen LogP contribution in [-0.2, 0) is 0 Å². The molecule has 0 saturated heterocycles.